The third kappa shape index (κ3) is 4.97. The zero-order chi connectivity index (χ0) is 18.2. The number of benzene rings is 2. The molecular formula is C19H21NO5. The van der Waals surface area contributed by atoms with Crippen LogP contribution < -0.4 is 14.8 Å². The lowest BCUT2D eigenvalue weighted by Gasteiger charge is -2.13. The fourth-order valence-electron chi connectivity index (χ4n) is 2.32. The molecule has 6 nitrogen and oxygen atoms in total. The molecule has 0 aliphatic carbocycles. The summed E-state index contributed by atoms with van der Waals surface area (Å²) < 4.78 is 10.6. The minimum atomic E-state index is -1.08. The Balaban J connectivity index is 2.21. The van der Waals surface area contributed by atoms with Crippen LogP contribution in [0.4, 0.5) is 5.69 Å². The monoisotopic (exact) mass is 343 g/mol. The average molecular weight is 343 g/mol. The number of carboxylic acids is 1. The first kappa shape index (κ1) is 18.3. The standard InChI is InChI=1S/C19H21NO5/c1-3-13-7-5-6-8-15(13)20-19(23)14-9-10-16(25-12-18(21)22)17(11-14)24-4-2/h5-11H,3-4,12H2,1-2H3,(H,20,23)(H,21,22). The molecular weight excluding hydrogens is 322 g/mol. The maximum atomic E-state index is 12.5. The van der Waals surface area contributed by atoms with Gasteiger partial charge in [-0.05, 0) is 43.2 Å². The van der Waals surface area contributed by atoms with Crippen LogP contribution in [0.15, 0.2) is 42.5 Å². The van der Waals surface area contributed by atoms with E-state index in [1.54, 1.807) is 19.1 Å². The van der Waals surface area contributed by atoms with Crippen LogP contribution in [0, 0.1) is 0 Å². The van der Waals surface area contributed by atoms with E-state index in [9.17, 15) is 9.59 Å². The predicted octanol–water partition coefficient (Wildman–Crippen LogP) is 3.36. The zero-order valence-corrected chi connectivity index (χ0v) is 14.2. The molecule has 0 radical (unpaired) electrons. The summed E-state index contributed by atoms with van der Waals surface area (Å²) in [7, 11) is 0. The van der Waals surface area contributed by atoms with E-state index in [-0.39, 0.29) is 11.7 Å². The van der Waals surface area contributed by atoms with Crippen molar-refractivity contribution in [1.29, 1.82) is 0 Å². The van der Waals surface area contributed by atoms with Crippen LogP contribution in [0.5, 0.6) is 11.5 Å². The Labute approximate surface area is 146 Å². The number of carbonyl (C=O) groups is 2. The average Bonchev–Trinajstić information content (AvgIpc) is 2.61. The summed E-state index contributed by atoms with van der Waals surface area (Å²) in [4.78, 5) is 23.2. The van der Waals surface area contributed by atoms with Crippen LogP contribution >= 0.6 is 0 Å². The van der Waals surface area contributed by atoms with Crippen LogP contribution in [-0.2, 0) is 11.2 Å². The Hall–Kier alpha value is -3.02. The first-order valence-electron chi connectivity index (χ1n) is 8.05. The minimum absolute atomic E-state index is 0.272. The van der Waals surface area contributed by atoms with Gasteiger partial charge in [0, 0.05) is 11.3 Å². The molecule has 6 heteroatoms. The molecule has 1 amide bonds. The van der Waals surface area contributed by atoms with E-state index < -0.39 is 12.6 Å². The third-order valence-corrected chi connectivity index (χ3v) is 3.50. The van der Waals surface area contributed by atoms with E-state index >= 15 is 0 Å². The third-order valence-electron chi connectivity index (χ3n) is 3.50. The second-order valence-corrected chi connectivity index (χ2v) is 5.24. The topological polar surface area (TPSA) is 84.9 Å². The number of rotatable bonds is 8. The van der Waals surface area contributed by atoms with Gasteiger partial charge in [0.1, 0.15) is 0 Å². The molecule has 0 spiro atoms. The Morgan fingerprint density at radius 2 is 1.80 bits per heavy atom. The molecule has 2 aromatic carbocycles. The van der Waals surface area contributed by atoms with Crippen LogP contribution in [-0.4, -0.2) is 30.2 Å². The lowest BCUT2D eigenvalue weighted by molar-refractivity contribution is -0.139. The number of para-hydroxylation sites is 1. The minimum Gasteiger partial charge on any atom is -0.490 e. The van der Waals surface area contributed by atoms with Crippen molar-refractivity contribution in [3.05, 3.63) is 53.6 Å². The lowest BCUT2D eigenvalue weighted by Crippen LogP contribution is -2.14. The zero-order valence-electron chi connectivity index (χ0n) is 14.2. The van der Waals surface area contributed by atoms with Crippen molar-refractivity contribution in [3.63, 3.8) is 0 Å². The van der Waals surface area contributed by atoms with Gasteiger partial charge in [0.05, 0.1) is 6.61 Å². The molecule has 0 bridgehead atoms. The SMILES string of the molecule is CCOc1cc(C(=O)Nc2ccccc2CC)ccc1OCC(=O)O. The van der Waals surface area contributed by atoms with Crippen LogP contribution in [0.2, 0.25) is 0 Å². The molecule has 0 fully saturated rings. The largest absolute Gasteiger partial charge is 0.490 e. The van der Waals surface area contributed by atoms with Crippen LogP contribution in [0.3, 0.4) is 0 Å². The Morgan fingerprint density at radius 1 is 1.04 bits per heavy atom. The van der Waals surface area contributed by atoms with Gasteiger partial charge in [-0.1, -0.05) is 25.1 Å². The van der Waals surface area contributed by atoms with Gasteiger partial charge in [-0.15, -0.1) is 0 Å². The van der Waals surface area contributed by atoms with Gasteiger partial charge < -0.3 is 19.9 Å². The molecule has 132 valence electrons. The normalized spacial score (nSPS) is 10.2. The van der Waals surface area contributed by atoms with Gasteiger partial charge in [0.2, 0.25) is 0 Å². The quantitative estimate of drug-likeness (QED) is 0.768. The summed E-state index contributed by atoms with van der Waals surface area (Å²) in [5, 5.41) is 11.6. The molecule has 2 aromatic rings. The van der Waals surface area contributed by atoms with Crippen molar-refractivity contribution in [3.8, 4) is 11.5 Å². The molecule has 0 saturated carbocycles. The highest BCUT2D eigenvalue weighted by molar-refractivity contribution is 6.05. The van der Waals surface area contributed by atoms with Crippen LogP contribution in [0.25, 0.3) is 0 Å². The molecule has 0 atom stereocenters. The maximum Gasteiger partial charge on any atom is 0.341 e. The number of aryl methyl sites for hydroxylation is 1. The van der Waals surface area contributed by atoms with E-state index in [0.717, 1.165) is 17.7 Å². The summed E-state index contributed by atoms with van der Waals surface area (Å²) in [6.45, 7) is 3.71. The summed E-state index contributed by atoms with van der Waals surface area (Å²) in [5.74, 6) is -0.734. The number of ether oxygens (including phenoxy) is 2. The van der Waals surface area contributed by atoms with E-state index in [2.05, 4.69) is 5.32 Å². The molecule has 2 N–H and O–H groups in total. The number of amides is 1. The first-order chi connectivity index (χ1) is 12.0. The fourth-order valence-corrected chi connectivity index (χ4v) is 2.32. The number of anilines is 1. The number of nitrogens with one attached hydrogen (secondary N) is 1. The molecule has 0 aromatic heterocycles. The summed E-state index contributed by atoms with van der Waals surface area (Å²) >= 11 is 0. The predicted molar refractivity (Wildman–Crippen MR) is 94.5 cm³/mol. The van der Waals surface area contributed by atoms with Crippen molar-refractivity contribution in [2.75, 3.05) is 18.5 Å². The van der Waals surface area contributed by atoms with Crippen molar-refractivity contribution in [2.24, 2.45) is 0 Å². The number of aliphatic carboxylic acids is 1. The fraction of sp³-hybridized carbons (Fsp3) is 0.263. The summed E-state index contributed by atoms with van der Waals surface area (Å²) in [6.07, 6.45) is 0.808. The Kier molecular flexibility index (Phi) is 6.39. The molecule has 2 rings (SSSR count). The van der Waals surface area contributed by atoms with Gasteiger partial charge in [-0.2, -0.15) is 0 Å². The second-order valence-electron chi connectivity index (χ2n) is 5.24. The molecule has 25 heavy (non-hydrogen) atoms. The van der Waals surface area contributed by atoms with Gasteiger partial charge in [-0.3, -0.25) is 4.79 Å². The van der Waals surface area contributed by atoms with Gasteiger partial charge >= 0.3 is 5.97 Å². The highest BCUT2D eigenvalue weighted by atomic mass is 16.5. The molecule has 0 saturated heterocycles. The van der Waals surface area contributed by atoms with Crippen molar-refractivity contribution >= 4 is 17.6 Å². The summed E-state index contributed by atoms with van der Waals surface area (Å²) in [6, 6.07) is 12.3. The maximum absolute atomic E-state index is 12.5. The van der Waals surface area contributed by atoms with E-state index in [1.807, 2.05) is 31.2 Å². The van der Waals surface area contributed by atoms with Crippen molar-refractivity contribution in [1.82, 2.24) is 0 Å². The lowest BCUT2D eigenvalue weighted by atomic mass is 10.1. The molecule has 0 aliphatic heterocycles. The smallest absolute Gasteiger partial charge is 0.341 e. The highest BCUT2D eigenvalue weighted by Gasteiger charge is 2.13. The number of carboxylic acid groups (broad SMARTS) is 1. The van der Waals surface area contributed by atoms with Crippen molar-refractivity contribution in [2.45, 2.75) is 20.3 Å². The second kappa shape index (κ2) is 8.73. The number of hydrogen-bond donors (Lipinski definition) is 2. The van der Waals surface area contributed by atoms with Gasteiger partial charge in [0.25, 0.3) is 5.91 Å². The van der Waals surface area contributed by atoms with E-state index in [4.69, 9.17) is 14.6 Å². The molecule has 0 aliphatic rings. The molecule has 0 unspecified atom stereocenters. The van der Waals surface area contributed by atoms with E-state index in [1.165, 1.54) is 6.07 Å². The van der Waals surface area contributed by atoms with Crippen molar-refractivity contribution < 1.29 is 24.2 Å². The Bertz CT molecular complexity index is 757. The van der Waals surface area contributed by atoms with Gasteiger partial charge in [-0.25, -0.2) is 4.79 Å². The first-order valence-corrected chi connectivity index (χ1v) is 8.05. The summed E-state index contributed by atoms with van der Waals surface area (Å²) in [5.41, 5.74) is 2.21. The van der Waals surface area contributed by atoms with Crippen LogP contribution in [0.1, 0.15) is 29.8 Å². The van der Waals surface area contributed by atoms with E-state index in [0.29, 0.717) is 17.9 Å². The van der Waals surface area contributed by atoms with Gasteiger partial charge in [0.15, 0.2) is 18.1 Å². The highest BCUT2D eigenvalue weighted by Crippen LogP contribution is 2.29. The number of hydrogen-bond acceptors (Lipinski definition) is 4. The Morgan fingerprint density at radius 3 is 2.48 bits per heavy atom. The molecule has 0 heterocycles. The number of carbonyl (C=O) groups excluding carboxylic acids is 1.